The van der Waals surface area contributed by atoms with Crippen molar-refractivity contribution in [3.05, 3.63) is 63.9 Å². The highest BCUT2D eigenvalue weighted by atomic mass is 35.5. The maximum atomic E-state index is 16.3. The molecule has 2 aromatic carbocycles. The molecule has 214 valence electrons. The number of thiazole rings is 1. The molecule has 0 radical (unpaired) electrons. The smallest absolute Gasteiger partial charge is 0.335 e. The Morgan fingerprint density at radius 3 is 2.61 bits per heavy atom. The highest BCUT2D eigenvalue weighted by molar-refractivity contribution is 7.22. The van der Waals surface area contributed by atoms with E-state index in [0.29, 0.717) is 21.2 Å². The van der Waals surface area contributed by atoms with Crippen molar-refractivity contribution in [2.45, 2.75) is 68.8 Å². The fourth-order valence-corrected chi connectivity index (χ4v) is 7.73. The first-order valence-electron chi connectivity index (χ1n) is 13.5. The van der Waals surface area contributed by atoms with Crippen LogP contribution in [-0.4, -0.2) is 45.6 Å². The van der Waals surface area contributed by atoms with Crippen molar-refractivity contribution in [3.63, 3.8) is 0 Å². The van der Waals surface area contributed by atoms with Crippen molar-refractivity contribution in [2.75, 3.05) is 11.5 Å². The average Bonchev–Trinajstić information content (AvgIpc) is 3.43. The molecule has 3 aliphatic rings. The van der Waals surface area contributed by atoms with E-state index in [9.17, 15) is 18.7 Å². The zero-order chi connectivity index (χ0) is 28.5. The SMILES string of the molecule is O=C(O)c1cc(F)c2nc(N3C4CCC3CC(F)(COCc3c(-c5c(F)cccc5Cl)noc3C3CC3)C4)sc2c1. The summed E-state index contributed by atoms with van der Waals surface area (Å²) in [6.07, 6.45) is 3.84. The molecule has 4 aromatic rings. The number of rotatable bonds is 8. The summed E-state index contributed by atoms with van der Waals surface area (Å²) in [7, 11) is 0. The number of hydrogen-bond acceptors (Lipinski definition) is 7. The number of halogens is 4. The van der Waals surface area contributed by atoms with Crippen LogP contribution in [-0.2, 0) is 11.3 Å². The molecular formula is C29H25ClF3N3O4S. The normalized spacial score (nSPS) is 24.0. The number of carboxylic acids is 1. The summed E-state index contributed by atoms with van der Waals surface area (Å²) in [4.78, 5) is 17.9. The number of nitrogens with zero attached hydrogens (tertiary/aromatic N) is 3. The van der Waals surface area contributed by atoms with E-state index in [1.807, 2.05) is 0 Å². The molecule has 3 fully saturated rings. The Kier molecular flexibility index (Phi) is 6.51. The molecule has 2 saturated heterocycles. The van der Waals surface area contributed by atoms with E-state index in [1.165, 1.54) is 29.5 Å². The maximum absolute atomic E-state index is 16.3. The molecule has 2 bridgehead atoms. The monoisotopic (exact) mass is 603 g/mol. The number of aromatic nitrogens is 2. The molecule has 2 unspecified atom stereocenters. The third-order valence-electron chi connectivity index (χ3n) is 8.30. The molecule has 41 heavy (non-hydrogen) atoms. The molecule has 7 rings (SSSR count). The Morgan fingerprint density at radius 2 is 1.93 bits per heavy atom. The summed E-state index contributed by atoms with van der Waals surface area (Å²) in [6, 6.07) is 6.52. The van der Waals surface area contributed by atoms with Crippen molar-refractivity contribution in [3.8, 4) is 11.3 Å². The van der Waals surface area contributed by atoms with E-state index < -0.39 is 23.3 Å². The van der Waals surface area contributed by atoms with E-state index in [0.717, 1.165) is 31.7 Å². The van der Waals surface area contributed by atoms with Gasteiger partial charge < -0.3 is 19.3 Å². The van der Waals surface area contributed by atoms with E-state index in [4.69, 9.17) is 20.9 Å². The topological polar surface area (TPSA) is 88.7 Å². The quantitative estimate of drug-likeness (QED) is 0.223. The van der Waals surface area contributed by atoms with Gasteiger partial charge in [-0.2, -0.15) is 0 Å². The Hall–Kier alpha value is -3.15. The van der Waals surface area contributed by atoms with Crippen LogP contribution in [0.4, 0.5) is 18.3 Å². The highest BCUT2D eigenvalue weighted by Gasteiger charge is 2.50. The van der Waals surface area contributed by atoms with Crippen LogP contribution < -0.4 is 4.90 Å². The van der Waals surface area contributed by atoms with Crippen LogP contribution in [0.1, 0.15) is 66.1 Å². The van der Waals surface area contributed by atoms with Crippen molar-refractivity contribution in [1.82, 2.24) is 10.1 Å². The van der Waals surface area contributed by atoms with Crippen molar-refractivity contribution < 1.29 is 32.3 Å². The number of ether oxygens (including phenoxy) is 1. The minimum Gasteiger partial charge on any atom is -0.478 e. The number of aromatic carboxylic acids is 1. The number of carboxylic acid groups (broad SMARTS) is 1. The van der Waals surface area contributed by atoms with Crippen LogP contribution in [0, 0.1) is 11.6 Å². The fourth-order valence-electron chi connectivity index (χ4n) is 6.32. The number of piperidine rings is 1. The summed E-state index contributed by atoms with van der Waals surface area (Å²) in [5.74, 6) is -1.59. The van der Waals surface area contributed by atoms with Gasteiger partial charge in [0.1, 0.15) is 28.5 Å². The molecule has 1 aliphatic carbocycles. The number of carbonyl (C=O) groups is 1. The van der Waals surface area contributed by atoms with Crippen molar-refractivity contribution in [2.24, 2.45) is 0 Å². The largest absolute Gasteiger partial charge is 0.478 e. The molecule has 4 heterocycles. The molecule has 2 atom stereocenters. The summed E-state index contributed by atoms with van der Waals surface area (Å²) >= 11 is 7.52. The van der Waals surface area contributed by atoms with Crippen LogP contribution in [0.3, 0.4) is 0 Å². The number of anilines is 1. The first kappa shape index (κ1) is 26.7. The molecule has 0 spiro atoms. The fraction of sp³-hybridized carbons (Fsp3) is 0.414. The zero-order valence-electron chi connectivity index (χ0n) is 21.7. The van der Waals surface area contributed by atoms with Gasteiger partial charge >= 0.3 is 5.97 Å². The Morgan fingerprint density at radius 1 is 1.17 bits per heavy atom. The van der Waals surface area contributed by atoms with Gasteiger partial charge in [-0.3, -0.25) is 0 Å². The van der Waals surface area contributed by atoms with Gasteiger partial charge in [-0.05, 0) is 49.9 Å². The molecule has 1 saturated carbocycles. The first-order chi connectivity index (χ1) is 19.7. The van der Waals surface area contributed by atoms with Gasteiger partial charge in [0.05, 0.1) is 34.1 Å². The lowest BCUT2D eigenvalue weighted by Gasteiger charge is -2.42. The lowest BCUT2D eigenvalue weighted by atomic mass is 9.88. The van der Waals surface area contributed by atoms with E-state index >= 15 is 4.39 Å². The maximum Gasteiger partial charge on any atom is 0.335 e. The number of alkyl halides is 1. The molecule has 0 amide bonds. The van der Waals surface area contributed by atoms with Crippen LogP contribution in [0.25, 0.3) is 21.5 Å². The standard InChI is InChI=1S/C29H25ClF3N3O4S/c30-19-2-1-3-20(31)23(19)24-18(26(40-35-24)14-4-5-14)12-39-13-29(33)10-16-6-7-17(11-29)36(16)28-34-25-21(32)8-15(27(37)38)9-22(25)41-28/h1-3,8-9,14,16-17H,4-7,10-13H2,(H,37,38). The number of hydrogen-bond donors (Lipinski definition) is 1. The second kappa shape index (κ2) is 9.99. The van der Waals surface area contributed by atoms with Crippen LogP contribution in [0.15, 0.2) is 34.9 Å². The Labute approximate surface area is 241 Å². The van der Waals surface area contributed by atoms with Crippen molar-refractivity contribution >= 4 is 44.3 Å². The molecule has 1 N–H and O–H groups in total. The van der Waals surface area contributed by atoms with E-state index in [-0.39, 0.29) is 71.4 Å². The minimum atomic E-state index is -1.59. The van der Waals surface area contributed by atoms with Gasteiger partial charge in [0.15, 0.2) is 10.9 Å². The Balaban J connectivity index is 1.08. The lowest BCUT2D eigenvalue weighted by molar-refractivity contribution is -0.0164. The summed E-state index contributed by atoms with van der Waals surface area (Å²) in [5, 5.41) is 14.2. The second-order valence-corrected chi connectivity index (χ2v) is 12.6. The lowest BCUT2D eigenvalue weighted by Crippen LogP contribution is -2.51. The van der Waals surface area contributed by atoms with Gasteiger partial charge in [-0.25, -0.2) is 22.9 Å². The third kappa shape index (κ3) is 4.77. The van der Waals surface area contributed by atoms with Gasteiger partial charge in [-0.1, -0.05) is 34.2 Å². The van der Waals surface area contributed by atoms with Gasteiger partial charge in [0, 0.05) is 36.4 Å². The molecule has 2 aromatic heterocycles. The van der Waals surface area contributed by atoms with E-state index in [1.54, 1.807) is 6.07 Å². The summed E-state index contributed by atoms with van der Waals surface area (Å²) in [6.45, 7) is -0.132. The predicted octanol–water partition coefficient (Wildman–Crippen LogP) is 7.51. The van der Waals surface area contributed by atoms with Gasteiger partial charge in [0.2, 0.25) is 0 Å². The average molecular weight is 604 g/mol. The Bertz CT molecular complexity index is 1640. The van der Waals surface area contributed by atoms with Gasteiger partial charge in [0.25, 0.3) is 0 Å². The zero-order valence-corrected chi connectivity index (χ0v) is 23.3. The third-order valence-corrected chi connectivity index (χ3v) is 9.63. The molecule has 12 heteroatoms. The number of fused-ring (bicyclic) bond motifs is 3. The van der Waals surface area contributed by atoms with Crippen molar-refractivity contribution in [1.29, 1.82) is 0 Å². The van der Waals surface area contributed by atoms with E-state index in [2.05, 4.69) is 15.0 Å². The molecule has 2 aliphatic heterocycles. The number of benzene rings is 2. The minimum absolute atomic E-state index is 0.0170. The summed E-state index contributed by atoms with van der Waals surface area (Å²) < 4.78 is 57.6. The molecular weight excluding hydrogens is 579 g/mol. The highest BCUT2D eigenvalue weighted by Crippen LogP contribution is 2.48. The van der Waals surface area contributed by atoms with Crippen LogP contribution in [0.2, 0.25) is 5.02 Å². The van der Waals surface area contributed by atoms with Crippen LogP contribution >= 0.6 is 22.9 Å². The van der Waals surface area contributed by atoms with Gasteiger partial charge in [-0.15, -0.1) is 0 Å². The predicted molar refractivity (Wildman–Crippen MR) is 147 cm³/mol. The second-order valence-electron chi connectivity index (χ2n) is 11.2. The van der Waals surface area contributed by atoms with Crippen LogP contribution in [0.5, 0.6) is 0 Å². The first-order valence-corrected chi connectivity index (χ1v) is 14.7. The molecule has 7 nitrogen and oxygen atoms in total. The summed E-state index contributed by atoms with van der Waals surface area (Å²) in [5.41, 5.74) is -0.571.